The summed E-state index contributed by atoms with van der Waals surface area (Å²) >= 11 is 0. The molecule has 0 fully saturated rings. The van der Waals surface area contributed by atoms with E-state index in [1.165, 1.54) is 6.42 Å². The molecule has 0 amide bonds. The Morgan fingerprint density at radius 3 is 1.11 bits per heavy atom. The van der Waals surface area contributed by atoms with Crippen LogP contribution in [-0.2, 0) is 19.5 Å². The normalized spacial score (nSPS) is 7.00. The second-order valence-electron chi connectivity index (χ2n) is 3.01. The first kappa shape index (κ1) is 22.5. The maximum atomic E-state index is 3.60. The van der Waals surface area contributed by atoms with Crippen LogP contribution in [-0.4, -0.2) is 0 Å². The van der Waals surface area contributed by atoms with Crippen LogP contribution in [0, 0.1) is 19.1 Å². The van der Waals surface area contributed by atoms with Crippen LogP contribution in [0.1, 0.15) is 19.8 Å². The summed E-state index contributed by atoms with van der Waals surface area (Å²) in [5.41, 5.74) is 0. The SMILES string of the molecule is Cl.[CH2-]CCC.[Rh+3].[c-]1ccccc1.[c-]1ccccc1. The fourth-order valence-electron chi connectivity index (χ4n) is 0.684. The molecule has 2 aromatic rings. The molecule has 0 radical (unpaired) electrons. The Hall–Kier alpha value is -0.647. The fourth-order valence-corrected chi connectivity index (χ4v) is 0.684. The third-order valence-electron chi connectivity index (χ3n) is 1.57. The van der Waals surface area contributed by atoms with Gasteiger partial charge < -0.3 is 6.92 Å². The summed E-state index contributed by atoms with van der Waals surface area (Å²) in [6, 6.07) is 25.0. The van der Waals surface area contributed by atoms with Crippen molar-refractivity contribution in [3.8, 4) is 0 Å². The van der Waals surface area contributed by atoms with E-state index < -0.39 is 0 Å². The molecule has 0 aromatic heterocycles. The molecule has 0 unspecified atom stereocenters. The first-order chi connectivity index (χ1) is 7.91. The molecule has 2 rings (SSSR count). The number of halogens is 1. The van der Waals surface area contributed by atoms with Crippen molar-refractivity contribution in [1.29, 1.82) is 0 Å². The van der Waals surface area contributed by atoms with Crippen LogP contribution in [0.15, 0.2) is 60.7 Å². The van der Waals surface area contributed by atoms with Crippen LogP contribution in [0.4, 0.5) is 0 Å². The van der Waals surface area contributed by atoms with Crippen LogP contribution in [0.2, 0.25) is 0 Å². The summed E-state index contributed by atoms with van der Waals surface area (Å²) in [6.45, 7) is 5.72. The molecule has 2 heteroatoms. The average molecular weight is 351 g/mol. The molecule has 0 nitrogen and oxygen atoms in total. The van der Waals surface area contributed by atoms with E-state index in [0.29, 0.717) is 0 Å². The topological polar surface area (TPSA) is 0 Å². The van der Waals surface area contributed by atoms with Crippen molar-refractivity contribution < 1.29 is 19.5 Å². The largest absolute Gasteiger partial charge is 3.00 e. The standard InChI is InChI=1S/2C6H5.C4H9.ClH.Rh/c2*1-2-4-6-5-3-1;1-3-4-2;;/h2*1-5H;1,3-4H2,2H3;1H;/q3*-1;;+3. The third-order valence-corrected chi connectivity index (χ3v) is 1.57. The number of hydrogen-bond donors (Lipinski definition) is 0. The molecular weight excluding hydrogens is 331 g/mol. The summed E-state index contributed by atoms with van der Waals surface area (Å²) in [7, 11) is 0. The molecule has 0 aliphatic rings. The molecule has 0 saturated heterocycles. The minimum Gasteiger partial charge on any atom is -0.343 e. The van der Waals surface area contributed by atoms with Crippen molar-refractivity contribution in [1.82, 2.24) is 0 Å². The Bertz CT molecular complexity index is 210. The van der Waals surface area contributed by atoms with E-state index in [-0.39, 0.29) is 31.9 Å². The summed E-state index contributed by atoms with van der Waals surface area (Å²) in [5.74, 6) is 0. The zero-order chi connectivity index (χ0) is 11.9. The number of hydrogen-bond acceptors (Lipinski definition) is 0. The molecule has 0 spiro atoms. The van der Waals surface area contributed by atoms with Gasteiger partial charge in [-0.15, -0.1) is 12.4 Å². The van der Waals surface area contributed by atoms with E-state index in [1.807, 2.05) is 60.7 Å². The van der Waals surface area contributed by atoms with Crippen molar-refractivity contribution in [3.63, 3.8) is 0 Å². The summed E-state index contributed by atoms with van der Waals surface area (Å²) < 4.78 is 0. The molecule has 0 atom stereocenters. The van der Waals surface area contributed by atoms with Gasteiger partial charge >= 0.3 is 19.5 Å². The summed E-state index contributed by atoms with van der Waals surface area (Å²) in [6.07, 6.45) is 2.28. The van der Waals surface area contributed by atoms with E-state index in [1.54, 1.807) is 0 Å². The molecule has 0 N–H and O–H groups in total. The minimum absolute atomic E-state index is 0. The quantitative estimate of drug-likeness (QED) is 0.501. The van der Waals surface area contributed by atoms with Crippen LogP contribution in [0.3, 0.4) is 0 Å². The molecule has 0 bridgehead atoms. The van der Waals surface area contributed by atoms with Gasteiger partial charge in [-0.05, 0) is 0 Å². The maximum absolute atomic E-state index is 3.60. The molecule has 0 heterocycles. The van der Waals surface area contributed by atoms with Gasteiger partial charge in [-0.25, -0.2) is 0 Å². The van der Waals surface area contributed by atoms with Crippen LogP contribution in [0.25, 0.3) is 0 Å². The molecule has 0 aliphatic heterocycles. The Morgan fingerprint density at radius 2 is 1.06 bits per heavy atom. The van der Waals surface area contributed by atoms with Gasteiger partial charge in [0, 0.05) is 0 Å². The first-order valence-electron chi connectivity index (χ1n) is 5.53. The summed E-state index contributed by atoms with van der Waals surface area (Å²) in [5, 5.41) is 0. The predicted molar refractivity (Wildman–Crippen MR) is 78.1 cm³/mol. The van der Waals surface area contributed by atoms with Crippen molar-refractivity contribution in [2.45, 2.75) is 19.8 Å². The molecule has 0 saturated carbocycles. The molecule has 18 heavy (non-hydrogen) atoms. The van der Waals surface area contributed by atoms with Crippen LogP contribution >= 0.6 is 12.4 Å². The van der Waals surface area contributed by atoms with Gasteiger partial charge in [-0.3, -0.25) is 0 Å². The Kier molecular flexibility index (Phi) is 27.1. The average Bonchev–Trinajstić information content (AvgIpc) is 2.44. The molecule has 2 aromatic carbocycles. The van der Waals surface area contributed by atoms with E-state index >= 15 is 0 Å². The van der Waals surface area contributed by atoms with Gasteiger partial charge in [0.2, 0.25) is 0 Å². The van der Waals surface area contributed by atoms with Gasteiger partial charge in [0.05, 0.1) is 0 Å². The Labute approximate surface area is 131 Å². The van der Waals surface area contributed by atoms with Gasteiger partial charge in [0.25, 0.3) is 0 Å². The smallest absolute Gasteiger partial charge is 0.343 e. The Balaban J connectivity index is -0.000000182. The van der Waals surface area contributed by atoms with E-state index in [2.05, 4.69) is 26.0 Å². The zero-order valence-corrected chi connectivity index (χ0v) is 13.1. The predicted octanol–water partition coefficient (Wildman–Crippen LogP) is 5.01. The van der Waals surface area contributed by atoms with Gasteiger partial charge in [0.1, 0.15) is 0 Å². The van der Waals surface area contributed by atoms with Crippen LogP contribution < -0.4 is 0 Å². The van der Waals surface area contributed by atoms with Gasteiger partial charge in [-0.1, -0.05) is 13.3 Å². The van der Waals surface area contributed by atoms with Crippen molar-refractivity contribution in [3.05, 3.63) is 79.7 Å². The van der Waals surface area contributed by atoms with Gasteiger partial charge in [-0.2, -0.15) is 79.2 Å². The minimum atomic E-state index is 0. The number of unbranched alkanes of at least 4 members (excludes halogenated alkanes) is 1. The van der Waals surface area contributed by atoms with E-state index in [0.717, 1.165) is 6.42 Å². The Morgan fingerprint density at radius 1 is 0.778 bits per heavy atom. The zero-order valence-electron chi connectivity index (χ0n) is 10.6. The maximum Gasteiger partial charge on any atom is 3.00 e. The monoisotopic (exact) mass is 350 g/mol. The number of rotatable bonds is 1. The third kappa shape index (κ3) is 20.7. The van der Waals surface area contributed by atoms with Crippen LogP contribution in [0.5, 0.6) is 0 Å². The van der Waals surface area contributed by atoms with E-state index in [9.17, 15) is 0 Å². The molecule has 0 aliphatic carbocycles. The number of benzene rings is 2. The second kappa shape index (κ2) is 21.6. The first-order valence-corrected chi connectivity index (χ1v) is 5.53. The van der Waals surface area contributed by atoms with Crippen molar-refractivity contribution >= 4 is 12.4 Å². The molecular formula is C16H20ClRh. The fraction of sp³-hybridized carbons (Fsp3) is 0.188. The molecule has 100 valence electrons. The van der Waals surface area contributed by atoms with Crippen molar-refractivity contribution in [2.75, 3.05) is 0 Å². The van der Waals surface area contributed by atoms with E-state index in [4.69, 9.17) is 0 Å². The van der Waals surface area contributed by atoms with Crippen molar-refractivity contribution in [2.24, 2.45) is 0 Å². The van der Waals surface area contributed by atoms with Gasteiger partial charge in [0.15, 0.2) is 0 Å². The summed E-state index contributed by atoms with van der Waals surface area (Å²) in [4.78, 5) is 0. The second-order valence-corrected chi connectivity index (χ2v) is 3.01.